The molecule has 0 bridgehead atoms. The second kappa shape index (κ2) is 5.70. The molecule has 4 nitrogen and oxygen atoms in total. The second-order valence-corrected chi connectivity index (χ2v) is 7.14. The normalized spacial score (nSPS) is 19.1. The van der Waals surface area contributed by atoms with E-state index in [0.717, 1.165) is 32.1 Å². The number of ether oxygens (including phenoxy) is 1. The summed E-state index contributed by atoms with van der Waals surface area (Å²) in [6.07, 6.45) is 1.97. The summed E-state index contributed by atoms with van der Waals surface area (Å²) in [7, 11) is 0. The topological polar surface area (TPSA) is 37.4 Å². The molecule has 20 heavy (non-hydrogen) atoms. The largest absolute Gasteiger partial charge is 0.377 e. The number of hydrogen-bond donors (Lipinski definition) is 1. The molecular weight excluding hydrogens is 250 g/mol. The van der Waals surface area contributed by atoms with E-state index in [4.69, 9.17) is 4.74 Å². The quantitative estimate of drug-likeness (QED) is 0.921. The van der Waals surface area contributed by atoms with Crippen LogP contribution >= 0.6 is 0 Å². The van der Waals surface area contributed by atoms with Gasteiger partial charge in [-0.3, -0.25) is 0 Å². The summed E-state index contributed by atoms with van der Waals surface area (Å²) in [4.78, 5) is 6.96. The Balaban J connectivity index is 2.04. The zero-order valence-electron chi connectivity index (χ0n) is 13.4. The molecule has 1 aliphatic rings. The van der Waals surface area contributed by atoms with Crippen LogP contribution in [0.4, 0.5) is 5.82 Å². The molecule has 4 heteroatoms. The highest BCUT2D eigenvalue weighted by atomic mass is 16.5. The number of anilines is 1. The van der Waals surface area contributed by atoms with Crippen LogP contribution in [-0.4, -0.2) is 35.8 Å². The van der Waals surface area contributed by atoms with Crippen LogP contribution in [0.1, 0.15) is 40.2 Å². The van der Waals surface area contributed by atoms with Crippen molar-refractivity contribution in [1.82, 2.24) is 10.3 Å². The van der Waals surface area contributed by atoms with Crippen LogP contribution in [0.5, 0.6) is 0 Å². The van der Waals surface area contributed by atoms with E-state index >= 15 is 0 Å². The Hall–Kier alpha value is -1.13. The van der Waals surface area contributed by atoms with Crippen molar-refractivity contribution in [2.75, 3.05) is 24.7 Å². The maximum absolute atomic E-state index is 5.56. The molecule has 1 aromatic rings. The fraction of sp³-hybridized carbons (Fsp3) is 0.688. The van der Waals surface area contributed by atoms with Gasteiger partial charge in [-0.1, -0.05) is 6.07 Å². The average molecular weight is 277 g/mol. The van der Waals surface area contributed by atoms with E-state index in [-0.39, 0.29) is 11.1 Å². The van der Waals surface area contributed by atoms with Crippen LogP contribution in [0.15, 0.2) is 18.3 Å². The van der Waals surface area contributed by atoms with Gasteiger partial charge in [0.25, 0.3) is 0 Å². The molecule has 1 saturated heterocycles. The molecule has 1 fully saturated rings. The third-order valence-corrected chi connectivity index (χ3v) is 3.55. The maximum atomic E-state index is 5.56. The fourth-order valence-corrected chi connectivity index (χ4v) is 2.33. The zero-order valence-corrected chi connectivity index (χ0v) is 13.4. The first kappa shape index (κ1) is 15.3. The van der Waals surface area contributed by atoms with Crippen LogP contribution in [0.2, 0.25) is 0 Å². The molecule has 0 aliphatic carbocycles. The summed E-state index contributed by atoms with van der Waals surface area (Å²) in [6.45, 7) is 14.2. The number of aromatic nitrogens is 1. The van der Waals surface area contributed by atoms with Crippen LogP contribution in [0.25, 0.3) is 0 Å². The molecule has 2 heterocycles. The van der Waals surface area contributed by atoms with Crippen molar-refractivity contribution in [2.24, 2.45) is 0 Å². The minimum Gasteiger partial charge on any atom is -0.377 e. The summed E-state index contributed by atoms with van der Waals surface area (Å²) in [5.41, 5.74) is 1.36. The van der Waals surface area contributed by atoms with E-state index in [1.807, 2.05) is 6.20 Å². The van der Waals surface area contributed by atoms with Crippen LogP contribution in [-0.2, 0) is 11.3 Å². The van der Waals surface area contributed by atoms with Crippen molar-refractivity contribution in [3.8, 4) is 0 Å². The summed E-state index contributed by atoms with van der Waals surface area (Å²) in [5.74, 6) is 1.04. The summed E-state index contributed by atoms with van der Waals surface area (Å²) in [6, 6.07) is 4.28. The molecule has 0 spiro atoms. The minimum absolute atomic E-state index is 0.0103. The van der Waals surface area contributed by atoms with Crippen molar-refractivity contribution in [3.63, 3.8) is 0 Å². The lowest BCUT2D eigenvalue weighted by atomic mass is 10.0. The number of rotatable bonds is 3. The Kier molecular flexibility index (Phi) is 4.35. The number of morpholine rings is 1. The van der Waals surface area contributed by atoms with Gasteiger partial charge in [0.15, 0.2) is 0 Å². The van der Waals surface area contributed by atoms with E-state index in [1.165, 1.54) is 5.56 Å². The van der Waals surface area contributed by atoms with E-state index in [2.05, 4.69) is 62.0 Å². The molecule has 2 rings (SSSR count). The first-order valence-electron chi connectivity index (χ1n) is 7.33. The van der Waals surface area contributed by atoms with Gasteiger partial charge in [-0.05, 0) is 46.2 Å². The van der Waals surface area contributed by atoms with Crippen molar-refractivity contribution in [3.05, 3.63) is 23.9 Å². The Morgan fingerprint density at radius 3 is 2.65 bits per heavy atom. The summed E-state index contributed by atoms with van der Waals surface area (Å²) < 4.78 is 5.56. The summed E-state index contributed by atoms with van der Waals surface area (Å²) >= 11 is 0. The highest BCUT2D eigenvalue weighted by Gasteiger charge is 2.31. The molecule has 0 saturated carbocycles. The minimum atomic E-state index is 0.0103. The molecule has 1 N–H and O–H groups in total. The lowest BCUT2D eigenvalue weighted by Gasteiger charge is -2.43. The molecule has 1 aliphatic heterocycles. The molecule has 0 aromatic carbocycles. The van der Waals surface area contributed by atoms with E-state index < -0.39 is 0 Å². The predicted octanol–water partition coefficient (Wildman–Crippen LogP) is 2.58. The average Bonchev–Trinajstić information content (AvgIpc) is 2.36. The number of pyridine rings is 1. The van der Waals surface area contributed by atoms with E-state index in [0.29, 0.717) is 0 Å². The second-order valence-electron chi connectivity index (χ2n) is 7.14. The van der Waals surface area contributed by atoms with Gasteiger partial charge in [0, 0.05) is 24.8 Å². The van der Waals surface area contributed by atoms with Crippen LogP contribution < -0.4 is 10.2 Å². The molecular formula is C16H27N3O. The number of nitrogens with zero attached hydrogens (tertiary/aromatic N) is 2. The van der Waals surface area contributed by atoms with Gasteiger partial charge in [-0.2, -0.15) is 0 Å². The first-order valence-corrected chi connectivity index (χ1v) is 7.33. The Bertz CT molecular complexity index is 434. The molecule has 0 unspecified atom stereocenters. The van der Waals surface area contributed by atoms with Gasteiger partial charge in [0.1, 0.15) is 5.82 Å². The molecule has 0 radical (unpaired) electrons. The van der Waals surface area contributed by atoms with Crippen molar-refractivity contribution >= 4 is 5.82 Å². The molecule has 1 aromatic heterocycles. The maximum Gasteiger partial charge on any atom is 0.129 e. The van der Waals surface area contributed by atoms with Gasteiger partial charge < -0.3 is 15.0 Å². The highest BCUT2D eigenvalue weighted by Crippen LogP contribution is 2.25. The highest BCUT2D eigenvalue weighted by molar-refractivity contribution is 5.43. The third kappa shape index (κ3) is 3.93. The van der Waals surface area contributed by atoms with Gasteiger partial charge in [0.05, 0.1) is 18.8 Å². The Labute approximate surface area is 122 Å². The van der Waals surface area contributed by atoms with Gasteiger partial charge >= 0.3 is 0 Å². The monoisotopic (exact) mass is 277 g/mol. The van der Waals surface area contributed by atoms with Crippen molar-refractivity contribution in [2.45, 2.75) is 52.2 Å². The van der Waals surface area contributed by atoms with Crippen LogP contribution in [0.3, 0.4) is 0 Å². The zero-order chi connectivity index (χ0) is 14.8. The standard InChI is InChI=1S/C16H27N3O/c1-15(2,3)18-11-13-6-7-14(17-10-13)19-8-9-20-12-16(19,4)5/h6-7,10,18H,8-9,11-12H2,1-5H3. The fourth-order valence-electron chi connectivity index (χ4n) is 2.33. The summed E-state index contributed by atoms with van der Waals surface area (Å²) in [5, 5.41) is 3.48. The van der Waals surface area contributed by atoms with Crippen molar-refractivity contribution in [1.29, 1.82) is 0 Å². The smallest absolute Gasteiger partial charge is 0.129 e. The number of nitrogens with one attached hydrogen (secondary N) is 1. The van der Waals surface area contributed by atoms with Crippen molar-refractivity contribution < 1.29 is 4.74 Å². The SMILES string of the molecule is CC(C)(C)NCc1ccc(N2CCOCC2(C)C)nc1. The lowest BCUT2D eigenvalue weighted by molar-refractivity contribution is 0.0639. The molecule has 0 amide bonds. The predicted molar refractivity (Wildman–Crippen MR) is 83.1 cm³/mol. The van der Waals surface area contributed by atoms with Crippen LogP contribution in [0, 0.1) is 0 Å². The van der Waals surface area contributed by atoms with Gasteiger partial charge in [0.2, 0.25) is 0 Å². The Morgan fingerprint density at radius 1 is 1.35 bits per heavy atom. The van der Waals surface area contributed by atoms with Gasteiger partial charge in [-0.25, -0.2) is 4.98 Å². The third-order valence-electron chi connectivity index (χ3n) is 3.55. The van der Waals surface area contributed by atoms with Gasteiger partial charge in [-0.15, -0.1) is 0 Å². The first-order chi connectivity index (χ1) is 9.28. The lowest BCUT2D eigenvalue weighted by Crippen LogP contribution is -2.53. The molecule has 112 valence electrons. The molecule has 0 atom stereocenters. The van der Waals surface area contributed by atoms with E-state index in [1.54, 1.807) is 0 Å². The van der Waals surface area contributed by atoms with E-state index in [9.17, 15) is 0 Å². The Morgan fingerprint density at radius 2 is 2.10 bits per heavy atom. The number of hydrogen-bond acceptors (Lipinski definition) is 4.